The second-order valence-electron chi connectivity index (χ2n) is 22.0. The number of nitrogens with zero attached hydrogens (tertiary/aromatic N) is 2. The van der Waals surface area contributed by atoms with Crippen LogP contribution < -0.4 is 26.2 Å². The fourth-order valence-electron chi connectivity index (χ4n) is 9.86. The first-order valence-electron chi connectivity index (χ1n) is 22.5. The molecular weight excluding hydrogens is 751 g/mol. The van der Waals surface area contributed by atoms with Crippen molar-refractivity contribution in [2.24, 2.45) is 0 Å². The Bertz CT molecular complexity index is 3070. The fraction of sp³-hybridized carbons (Fsp3) is 0.276. The zero-order valence-corrected chi connectivity index (χ0v) is 38.7. The van der Waals surface area contributed by atoms with E-state index in [1.165, 1.54) is 72.6 Å². The molecule has 0 fully saturated rings. The van der Waals surface area contributed by atoms with Crippen molar-refractivity contribution in [3.05, 3.63) is 162 Å². The molecule has 0 radical (unpaired) electrons. The summed E-state index contributed by atoms with van der Waals surface area (Å²) in [5.74, 6) is 0. The Morgan fingerprint density at radius 1 is 0.403 bits per heavy atom. The topological polar surface area (TPSA) is 19.6 Å². The molecule has 8 aromatic rings. The van der Waals surface area contributed by atoms with Crippen molar-refractivity contribution < 1.29 is 4.42 Å². The Balaban J connectivity index is 1.29. The summed E-state index contributed by atoms with van der Waals surface area (Å²) in [4.78, 5) is 5.15. The van der Waals surface area contributed by atoms with E-state index < -0.39 is 0 Å². The van der Waals surface area contributed by atoms with E-state index in [9.17, 15) is 0 Å². The largest absolute Gasteiger partial charge is 0.456 e. The van der Waals surface area contributed by atoms with E-state index in [-0.39, 0.29) is 28.4 Å². The van der Waals surface area contributed by atoms with Crippen LogP contribution in [0.15, 0.2) is 144 Å². The van der Waals surface area contributed by atoms with Crippen LogP contribution in [-0.2, 0) is 21.7 Å². The Morgan fingerprint density at radius 3 is 1.65 bits per heavy atom. The van der Waals surface area contributed by atoms with Gasteiger partial charge >= 0.3 is 0 Å². The van der Waals surface area contributed by atoms with Crippen molar-refractivity contribution in [1.29, 1.82) is 0 Å². The van der Waals surface area contributed by atoms with Crippen LogP contribution in [0.5, 0.6) is 0 Å². The van der Waals surface area contributed by atoms with Crippen molar-refractivity contribution in [3.63, 3.8) is 0 Å². The molecule has 2 aliphatic heterocycles. The van der Waals surface area contributed by atoms with E-state index in [4.69, 9.17) is 4.42 Å². The summed E-state index contributed by atoms with van der Waals surface area (Å²) in [5.41, 5.74) is 20.7. The Kier molecular flexibility index (Phi) is 8.89. The molecule has 3 heterocycles. The van der Waals surface area contributed by atoms with Gasteiger partial charge in [0.25, 0.3) is 6.71 Å². The quantitative estimate of drug-likeness (QED) is 0.166. The number of hydrogen-bond donors (Lipinski definition) is 0. The van der Waals surface area contributed by atoms with Gasteiger partial charge in [-0.15, -0.1) is 0 Å². The van der Waals surface area contributed by atoms with Gasteiger partial charge in [-0.2, -0.15) is 0 Å². The van der Waals surface area contributed by atoms with Gasteiger partial charge in [-0.05, 0) is 132 Å². The molecule has 7 aromatic carbocycles. The van der Waals surface area contributed by atoms with Gasteiger partial charge < -0.3 is 14.2 Å². The molecule has 0 amide bonds. The van der Waals surface area contributed by atoms with Crippen LogP contribution >= 0.6 is 0 Å². The Morgan fingerprint density at radius 2 is 0.968 bits per heavy atom. The molecule has 0 spiro atoms. The highest BCUT2D eigenvalue weighted by Crippen LogP contribution is 2.48. The number of hydrogen-bond acceptors (Lipinski definition) is 3. The molecule has 10 rings (SSSR count). The van der Waals surface area contributed by atoms with Gasteiger partial charge in [0, 0.05) is 44.9 Å². The molecule has 0 saturated carbocycles. The molecule has 0 atom stereocenters. The molecule has 3 nitrogen and oxygen atoms in total. The van der Waals surface area contributed by atoms with Crippen molar-refractivity contribution in [2.75, 3.05) is 9.80 Å². The van der Waals surface area contributed by atoms with E-state index in [1.807, 2.05) is 0 Å². The molecule has 0 N–H and O–H groups in total. The SMILES string of the molecule is CC(C)(C)c1ccc(N2c3ccc(C(C)(C)C)cc3B3c4ccc(C(C)(C)C)cc4N(c4cccc(-c5cccc6oc7ccccc7c56)c4)c4cc(C(C)(C)C)cc2c43)cc1. The highest BCUT2D eigenvalue weighted by Gasteiger charge is 2.45. The zero-order valence-electron chi connectivity index (χ0n) is 38.7. The number of benzene rings is 7. The predicted octanol–water partition coefficient (Wildman–Crippen LogP) is 14.5. The van der Waals surface area contributed by atoms with Gasteiger partial charge in [0.1, 0.15) is 11.2 Å². The standard InChI is InChI=1S/C58H59BN2O/c1-55(2,3)37-23-27-41(28-24-37)60-47-30-26-38(56(4,5)6)32-46(47)59-45-29-25-39(57(7,8)9)33-48(45)61(50-35-40(58(10,11)12)34-49(60)54(50)59)42-18-15-17-36(31-42)43-20-16-22-52-53(43)44-19-13-14-21-51(44)62-52/h13-35H,1-12H3. The van der Waals surface area contributed by atoms with E-state index >= 15 is 0 Å². The van der Waals surface area contributed by atoms with Crippen molar-refractivity contribution in [3.8, 4) is 11.1 Å². The minimum atomic E-state index is -0.113. The van der Waals surface area contributed by atoms with Crippen LogP contribution in [0.2, 0.25) is 0 Å². The van der Waals surface area contributed by atoms with Crippen molar-refractivity contribution in [1.82, 2.24) is 0 Å². The summed E-state index contributed by atoms with van der Waals surface area (Å²) in [7, 11) is 0. The number of rotatable bonds is 3. The maximum atomic E-state index is 6.40. The third kappa shape index (κ3) is 6.48. The van der Waals surface area contributed by atoms with Gasteiger partial charge in [-0.1, -0.05) is 162 Å². The zero-order chi connectivity index (χ0) is 43.7. The summed E-state index contributed by atoms with van der Waals surface area (Å²) >= 11 is 0. The molecule has 0 unspecified atom stereocenters. The first-order valence-corrected chi connectivity index (χ1v) is 22.5. The van der Waals surface area contributed by atoms with Gasteiger partial charge in [-0.3, -0.25) is 0 Å². The van der Waals surface area contributed by atoms with Crippen molar-refractivity contribution >= 4 is 79.2 Å². The smallest absolute Gasteiger partial charge is 0.252 e. The number of anilines is 6. The minimum absolute atomic E-state index is 0.0172. The summed E-state index contributed by atoms with van der Waals surface area (Å²) in [6.07, 6.45) is 0. The van der Waals surface area contributed by atoms with Gasteiger partial charge in [0.05, 0.1) is 0 Å². The summed E-state index contributed by atoms with van der Waals surface area (Å²) in [6.45, 7) is 28.0. The molecule has 310 valence electrons. The van der Waals surface area contributed by atoms with Gasteiger partial charge in [0.2, 0.25) is 0 Å². The molecule has 0 saturated heterocycles. The Hall–Kier alpha value is -6.00. The van der Waals surface area contributed by atoms with Crippen LogP contribution in [0.4, 0.5) is 34.1 Å². The summed E-state index contributed by atoms with van der Waals surface area (Å²) in [5, 5.41) is 2.29. The van der Waals surface area contributed by atoms with Crippen LogP contribution in [-0.4, -0.2) is 6.71 Å². The molecule has 0 aliphatic carbocycles. The normalized spacial score (nSPS) is 14.0. The van der Waals surface area contributed by atoms with Crippen LogP contribution in [0.25, 0.3) is 33.1 Å². The average Bonchev–Trinajstić information content (AvgIpc) is 3.61. The second-order valence-corrected chi connectivity index (χ2v) is 22.0. The van der Waals surface area contributed by atoms with Gasteiger partial charge in [-0.25, -0.2) is 0 Å². The lowest BCUT2D eigenvalue weighted by atomic mass is 9.33. The maximum absolute atomic E-state index is 6.40. The summed E-state index contributed by atoms with van der Waals surface area (Å²) in [6, 6.07) is 53.0. The van der Waals surface area contributed by atoms with E-state index in [2.05, 4.69) is 232 Å². The average molecular weight is 811 g/mol. The monoisotopic (exact) mass is 810 g/mol. The molecule has 4 heteroatoms. The first-order chi connectivity index (χ1) is 29.3. The molecule has 1 aromatic heterocycles. The number of fused-ring (bicyclic) bond motifs is 7. The second kappa shape index (κ2) is 13.8. The molecule has 2 aliphatic rings. The maximum Gasteiger partial charge on any atom is 0.252 e. The number of para-hydroxylation sites is 1. The van der Waals surface area contributed by atoms with E-state index in [1.54, 1.807) is 0 Å². The van der Waals surface area contributed by atoms with E-state index in [0.29, 0.717) is 0 Å². The minimum Gasteiger partial charge on any atom is -0.456 e. The van der Waals surface area contributed by atoms with Gasteiger partial charge in [0.15, 0.2) is 0 Å². The third-order valence-corrected chi connectivity index (χ3v) is 13.5. The van der Waals surface area contributed by atoms with Crippen LogP contribution in [0, 0.1) is 0 Å². The van der Waals surface area contributed by atoms with Crippen LogP contribution in [0.1, 0.15) is 105 Å². The molecule has 62 heavy (non-hydrogen) atoms. The highest BCUT2D eigenvalue weighted by molar-refractivity contribution is 7.00. The third-order valence-electron chi connectivity index (χ3n) is 13.5. The highest BCUT2D eigenvalue weighted by atomic mass is 16.3. The van der Waals surface area contributed by atoms with E-state index in [0.717, 1.165) is 33.2 Å². The summed E-state index contributed by atoms with van der Waals surface area (Å²) < 4.78 is 6.40. The van der Waals surface area contributed by atoms with Crippen LogP contribution in [0.3, 0.4) is 0 Å². The fourth-order valence-corrected chi connectivity index (χ4v) is 9.86. The Labute approximate surface area is 369 Å². The van der Waals surface area contributed by atoms with Crippen molar-refractivity contribution in [2.45, 2.75) is 105 Å². The lowest BCUT2D eigenvalue weighted by molar-refractivity contribution is 0.589. The lowest BCUT2D eigenvalue weighted by Crippen LogP contribution is -2.61. The number of furan rings is 1. The molecule has 0 bridgehead atoms. The lowest BCUT2D eigenvalue weighted by Gasteiger charge is -2.45. The first kappa shape index (κ1) is 40.1. The molecular formula is C58H59BN2O. The predicted molar refractivity (Wildman–Crippen MR) is 268 cm³/mol.